The summed E-state index contributed by atoms with van der Waals surface area (Å²) in [6, 6.07) is 10.0. The number of hydrogen-bond acceptors (Lipinski definition) is 6. The van der Waals surface area contributed by atoms with Crippen molar-refractivity contribution in [2.24, 2.45) is 0 Å². The molecule has 7 heteroatoms. The summed E-state index contributed by atoms with van der Waals surface area (Å²) in [5.41, 5.74) is 3.14. The third-order valence-corrected chi connectivity index (χ3v) is 6.76. The van der Waals surface area contributed by atoms with E-state index in [4.69, 9.17) is 0 Å². The topological polar surface area (TPSA) is 49.3 Å². The quantitative estimate of drug-likeness (QED) is 0.688. The van der Waals surface area contributed by atoms with Gasteiger partial charge in [-0.05, 0) is 48.6 Å². The first-order valence-electron chi connectivity index (χ1n) is 8.60. The van der Waals surface area contributed by atoms with Crippen molar-refractivity contribution >= 4 is 33.7 Å². The average molecular weight is 385 g/mol. The van der Waals surface area contributed by atoms with Crippen molar-refractivity contribution in [1.82, 2.24) is 15.1 Å². The Hall–Kier alpha value is -2.25. The van der Waals surface area contributed by atoms with Crippen LogP contribution in [0.3, 0.4) is 0 Å². The van der Waals surface area contributed by atoms with Crippen LogP contribution < -0.4 is 4.90 Å². The SMILES string of the molecule is Cc1ccc(C(=O)N2CCN(c3nnc(-c4cccs4)s3)CC2)cc1C. The zero-order valence-corrected chi connectivity index (χ0v) is 16.4. The van der Waals surface area contributed by atoms with Gasteiger partial charge in [0, 0.05) is 31.7 Å². The number of hydrogen-bond donors (Lipinski definition) is 0. The van der Waals surface area contributed by atoms with Crippen LogP contribution in [0.25, 0.3) is 9.88 Å². The summed E-state index contributed by atoms with van der Waals surface area (Å²) in [4.78, 5) is 18.1. The van der Waals surface area contributed by atoms with Gasteiger partial charge < -0.3 is 9.80 Å². The molecule has 134 valence electrons. The fraction of sp³-hybridized carbons (Fsp3) is 0.316. The lowest BCUT2D eigenvalue weighted by Gasteiger charge is -2.34. The summed E-state index contributed by atoms with van der Waals surface area (Å²) in [5, 5.41) is 12.6. The van der Waals surface area contributed by atoms with E-state index in [-0.39, 0.29) is 5.91 Å². The molecule has 0 aliphatic carbocycles. The van der Waals surface area contributed by atoms with E-state index in [0.29, 0.717) is 13.1 Å². The highest BCUT2D eigenvalue weighted by Gasteiger charge is 2.24. The molecular weight excluding hydrogens is 364 g/mol. The molecule has 3 aromatic rings. The van der Waals surface area contributed by atoms with Gasteiger partial charge in [0.05, 0.1) is 4.88 Å². The van der Waals surface area contributed by atoms with Gasteiger partial charge in [0.1, 0.15) is 0 Å². The van der Waals surface area contributed by atoms with E-state index in [1.54, 1.807) is 22.7 Å². The molecule has 0 spiro atoms. The van der Waals surface area contributed by atoms with E-state index < -0.39 is 0 Å². The van der Waals surface area contributed by atoms with Crippen LogP contribution in [0.1, 0.15) is 21.5 Å². The molecule has 0 saturated carbocycles. The molecular formula is C19H20N4OS2. The highest BCUT2D eigenvalue weighted by atomic mass is 32.1. The maximum Gasteiger partial charge on any atom is 0.253 e. The first-order valence-corrected chi connectivity index (χ1v) is 10.3. The summed E-state index contributed by atoms with van der Waals surface area (Å²) >= 11 is 3.29. The first-order chi connectivity index (χ1) is 12.6. The Bertz CT molecular complexity index is 912. The Labute approximate surface area is 160 Å². The smallest absolute Gasteiger partial charge is 0.253 e. The van der Waals surface area contributed by atoms with E-state index in [9.17, 15) is 4.79 Å². The van der Waals surface area contributed by atoms with Gasteiger partial charge in [0.25, 0.3) is 5.91 Å². The number of benzene rings is 1. The number of carbonyl (C=O) groups is 1. The molecule has 0 atom stereocenters. The lowest BCUT2D eigenvalue weighted by atomic mass is 10.1. The minimum atomic E-state index is 0.115. The van der Waals surface area contributed by atoms with E-state index >= 15 is 0 Å². The fourth-order valence-electron chi connectivity index (χ4n) is 3.00. The second-order valence-electron chi connectivity index (χ2n) is 6.45. The Morgan fingerprint density at radius 3 is 2.54 bits per heavy atom. The van der Waals surface area contributed by atoms with Crippen molar-refractivity contribution in [1.29, 1.82) is 0 Å². The van der Waals surface area contributed by atoms with Crippen LogP contribution in [-0.2, 0) is 0 Å². The van der Waals surface area contributed by atoms with Crippen LogP contribution >= 0.6 is 22.7 Å². The molecule has 0 unspecified atom stereocenters. The molecule has 4 rings (SSSR count). The molecule has 3 heterocycles. The highest BCUT2D eigenvalue weighted by molar-refractivity contribution is 7.22. The summed E-state index contributed by atoms with van der Waals surface area (Å²) in [6.45, 7) is 7.10. The van der Waals surface area contributed by atoms with Crippen LogP contribution in [0.5, 0.6) is 0 Å². The molecule has 5 nitrogen and oxygen atoms in total. The third kappa shape index (κ3) is 3.37. The standard InChI is InChI=1S/C19H20N4OS2/c1-13-5-6-15(12-14(13)2)18(24)22-7-9-23(10-8-22)19-21-20-17(26-19)16-4-3-11-25-16/h3-6,11-12H,7-10H2,1-2H3. The normalized spacial score (nSPS) is 14.7. The summed E-state index contributed by atoms with van der Waals surface area (Å²) in [6.07, 6.45) is 0. The van der Waals surface area contributed by atoms with E-state index in [0.717, 1.165) is 39.2 Å². The minimum absolute atomic E-state index is 0.115. The maximum absolute atomic E-state index is 12.7. The number of carbonyl (C=O) groups excluding carboxylic acids is 1. The minimum Gasteiger partial charge on any atom is -0.343 e. The number of rotatable bonds is 3. The number of nitrogens with zero attached hydrogens (tertiary/aromatic N) is 4. The average Bonchev–Trinajstić information content (AvgIpc) is 3.35. The molecule has 1 saturated heterocycles. The Balaban J connectivity index is 1.41. The van der Waals surface area contributed by atoms with Crippen LogP contribution in [0.4, 0.5) is 5.13 Å². The predicted molar refractivity (Wildman–Crippen MR) is 107 cm³/mol. The van der Waals surface area contributed by atoms with Crippen molar-refractivity contribution in [2.45, 2.75) is 13.8 Å². The van der Waals surface area contributed by atoms with Crippen molar-refractivity contribution in [3.63, 3.8) is 0 Å². The summed E-state index contributed by atoms with van der Waals surface area (Å²) < 4.78 is 0. The first kappa shape index (κ1) is 17.2. The molecule has 26 heavy (non-hydrogen) atoms. The molecule has 1 aliphatic rings. The second kappa shape index (κ2) is 7.17. The molecule has 0 bridgehead atoms. The van der Waals surface area contributed by atoms with Crippen molar-refractivity contribution in [3.05, 3.63) is 52.4 Å². The van der Waals surface area contributed by atoms with Gasteiger partial charge >= 0.3 is 0 Å². The number of thiophene rings is 1. The molecule has 1 amide bonds. The number of amides is 1. The van der Waals surface area contributed by atoms with E-state index in [1.807, 2.05) is 41.5 Å². The highest BCUT2D eigenvalue weighted by Crippen LogP contribution is 2.31. The van der Waals surface area contributed by atoms with Gasteiger partial charge in [-0.15, -0.1) is 21.5 Å². The predicted octanol–water partition coefficient (Wildman–Crippen LogP) is 3.85. The van der Waals surface area contributed by atoms with Gasteiger partial charge in [-0.1, -0.05) is 23.5 Å². The Kier molecular flexibility index (Phi) is 4.74. The molecule has 1 aromatic carbocycles. The van der Waals surface area contributed by atoms with Gasteiger partial charge in [0.15, 0.2) is 5.01 Å². The van der Waals surface area contributed by atoms with Crippen LogP contribution in [-0.4, -0.2) is 47.2 Å². The zero-order chi connectivity index (χ0) is 18.1. The number of aryl methyl sites for hydroxylation is 2. The third-order valence-electron chi connectivity index (χ3n) is 4.74. The van der Waals surface area contributed by atoms with Gasteiger partial charge in [-0.3, -0.25) is 4.79 Å². The van der Waals surface area contributed by atoms with Crippen molar-refractivity contribution in [2.75, 3.05) is 31.1 Å². The monoisotopic (exact) mass is 384 g/mol. The van der Waals surface area contributed by atoms with Gasteiger partial charge in [0.2, 0.25) is 5.13 Å². The Morgan fingerprint density at radius 2 is 1.85 bits per heavy atom. The largest absolute Gasteiger partial charge is 0.343 e. The Morgan fingerprint density at radius 1 is 1.04 bits per heavy atom. The summed E-state index contributed by atoms with van der Waals surface area (Å²) in [7, 11) is 0. The van der Waals surface area contributed by atoms with Crippen LogP contribution in [0.15, 0.2) is 35.7 Å². The van der Waals surface area contributed by atoms with E-state index in [1.165, 1.54) is 5.56 Å². The number of anilines is 1. The lowest BCUT2D eigenvalue weighted by molar-refractivity contribution is 0.0746. The van der Waals surface area contributed by atoms with Crippen molar-refractivity contribution < 1.29 is 4.79 Å². The van der Waals surface area contributed by atoms with Gasteiger partial charge in [-0.25, -0.2) is 0 Å². The molecule has 1 aliphatic heterocycles. The van der Waals surface area contributed by atoms with E-state index in [2.05, 4.69) is 28.1 Å². The molecule has 2 aromatic heterocycles. The second-order valence-corrected chi connectivity index (χ2v) is 8.35. The fourth-order valence-corrected chi connectivity index (χ4v) is 4.69. The maximum atomic E-state index is 12.7. The zero-order valence-electron chi connectivity index (χ0n) is 14.8. The number of piperazine rings is 1. The van der Waals surface area contributed by atoms with Crippen LogP contribution in [0.2, 0.25) is 0 Å². The summed E-state index contributed by atoms with van der Waals surface area (Å²) in [5.74, 6) is 0.115. The van der Waals surface area contributed by atoms with Crippen LogP contribution in [0, 0.1) is 13.8 Å². The molecule has 0 radical (unpaired) electrons. The van der Waals surface area contributed by atoms with Gasteiger partial charge in [-0.2, -0.15) is 0 Å². The molecule has 1 fully saturated rings. The molecule has 0 N–H and O–H groups in total. The lowest BCUT2D eigenvalue weighted by Crippen LogP contribution is -2.48. The van der Waals surface area contributed by atoms with Crippen molar-refractivity contribution in [3.8, 4) is 9.88 Å². The number of aromatic nitrogens is 2.